The van der Waals surface area contributed by atoms with Crippen molar-refractivity contribution in [1.82, 2.24) is 4.31 Å². The van der Waals surface area contributed by atoms with E-state index in [0.717, 1.165) is 5.56 Å². The van der Waals surface area contributed by atoms with E-state index >= 15 is 0 Å². The minimum absolute atomic E-state index is 0.0445. The van der Waals surface area contributed by atoms with Gasteiger partial charge in [-0.15, -0.1) is 0 Å². The smallest absolute Gasteiger partial charge is 0.218 e. The van der Waals surface area contributed by atoms with Crippen LogP contribution in [0.3, 0.4) is 0 Å². The Morgan fingerprint density at radius 3 is 2.50 bits per heavy atom. The summed E-state index contributed by atoms with van der Waals surface area (Å²) < 4.78 is 50.8. The molecule has 0 bridgehead atoms. The summed E-state index contributed by atoms with van der Waals surface area (Å²) in [5.74, 6) is 0.825. The van der Waals surface area contributed by atoms with Gasteiger partial charge >= 0.3 is 0 Å². The van der Waals surface area contributed by atoms with E-state index in [0.29, 0.717) is 36.6 Å². The highest BCUT2D eigenvalue weighted by molar-refractivity contribution is 7.88. The molecular formula is C19H22FNO4S. The van der Waals surface area contributed by atoms with Crippen molar-refractivity contribution < 1.29 is 22.3 Å². The minimum atomic E-state index is -3.46. The molecule has 26 heavy (non-hydrogen) atoms. The van der Waals surface area contributed by atoms with Gasteiger partial charge in [0.25, 0.3) is 0 Å². The van der Waals surface area contributed by atoms with Gasteiger partial charge < -0.3 is 9.47 Å². The van der Waals surface area contributed by atoms with Gasteiger partial charge in [0.15, 0.2) is 11.5 Å². The van der Waals surface area contributed by atoms with Crippen LogP contribution in [0.2, 0.25) is 0 Å². The van der Waals surface area contributed by atoms with Gasteiger partial charge in [0.2, 0.25) is 10.0 Å². The average molecular weight is 379 g/mol. The van der Waals surface area contributed by atoms with Crippen molar-refractivity contribution in [3.8, 4) is 11.5 Å². The van der Waals surface area contributed by atoms with Crippen LogP contribution in [-0.2, 0) is 15.8 Å². The van der Waals surface area contributed by atoms with Crippen LogP contribution in [0.25, 0.3) is 0 Å². The van der Waals surface area contributed by atoms with Crippen LogP contribution in [0.1, 0.15) is 23.5 Å². The standard InChI is InChI=1S/C19H22FNO4S/c1-24-18-5-3-4-17(19(18)25-2)15-10-11-21(12-15)26(22,23)13-14-6-8-16(20)9-7-14/h3-9,15H,10-13H2,1-2H3. The van der Waals surface area contributed by atoms with E-state index in [9.17, 15) is 12.8 Å². The topological polar surface area (TPSA) is 55.8 Å². The monoisotopic (exact) mass is 379 g/mol. The van der Waals surface area contributed by atoms with Gasteiger partial charge in [-0.2, -0.15) is 0 Å². The number of halogens is 1. The molecule has 0 aromatic heterocycles. The van der Waals surface area contributed by atoms with E-state index in [1.54, 1.807) is 14.2 Å². The number of para-hydroxylation sites is 1. The van der Waals surface area contributed by atoms with E-state index in [1.807, 2.05) is 18.2 Å². The Labute approximate surface area is 153 Å². The molecule has 1 heterocycles. The SMILES string of the molecule is COc1cccc(C2CCN(S(=O)(=O)Cc3ccc(F)cc3)C2)c1OC. The molecule has 1 unspecified atom stereocenters. The minimum Gasteiger partial charge on any atom is -0.493 e. The van der Waals surface area contributed by atoms with Gasteiger partial charge in [0.05, 0.1) is 20.0 Å². The first-order valence-electron chi connectivity index (χ1n) is 8.37. The number of benzene rings is 2. The van der Waals surface area contributed by atoms with Crippen LogP contribution in [0.15, 0.2) is 42.5 Å². The number of hydrogen-bond acceptors (Lipinski definition) is 4. The highest BCUT2D eigenvalue weighted by Gasteiger charge is 2.34. The fourth-order valence-electron chi connectivity index (χ4n) is 3.35. The summed E-state index contributed by atoms with van der Waals surface area (Å²) in [6.45, 7) is 0.849. The Bertz CT molecular complexity index is 868. The molecule has 0 radical (unpaired) electrons. The number of ether oxygens (including phenoxy) is 2. The van der Waals surface area contributed by atoms with E-state index < -0.39 is 10.0 Å². The lowest BCUT2D eigenvalue weighted by Crippen LogP contribution is -2.29. The molecule has 2 aromatic rings. The average Bonchev–Trinajstić information content (AvgIpc) is 3.13. The lowest BCUT2D eigenvalue weighted by molar-refractivity contribution is 0.349. The highest BCUT2D eigenvalue weighted by atomic mass is 32.2. The Morgan fingerprint density at radius 1 is 1.12 bits per heavy atom. The second kappa shape index (κ2) is 7.63. The number of methoxy groups -OCH3 is 2. The number of hydrogen-bond donors (Lipinski definition) is 0. The second-order valence-electron chi connectivity index (χ2n) is 6.31. The molecule has 1 saturated heterocycles. The zero-order valence-electron chi connectivity index (χ0n) is 14.8. The first-order chi connectivity index (χ1) is 12.4. The van der Waals surface area contributed by atoms with E-state index in [1.165, 1.54) is 28.6 Å². The first kappa shape index (κ1) is 18.7. The number of rotatable bonds is 6. The number of nitrogens with zero attached hydrogens (tertiary/aromatic N) is 1. The molecule has 7 heteroatoms. The molecule has 140 valence electrons. The van der Waals surface area contributed by atoms with Gasteiger partial charge in [-0.3, -0.25) is 0 Å². The van der Waals surface area contributed by atoms with E-state index in [4.69, 9.17) is 9.47 Å². The molecule has 0 N–H and O–H groups in total. The molecule has 1 aliphatic rings. The first-order valence-corrected chi connectivity index (χ1v) is 9.98. The third-order valence-corrected chi connectivity index (χ3v) is 6.50. The Balaban J connectivity index is 1.77. The summed E-state index contributed by atoms with van der Waals surface area (Å²) in [4.78, 5) is 0. The molecule has 1 atom stereocenters. The van der Waals surface area contributed by atoms with Crippen LogP contribution >= 0.6 is 0 Å². The van der Waals surface area contributed by atoms with Crippen molar-refractivity contribution >= 4 is 10.0 Å². The molecule has 3 rings (SSSR count). The third-order valence-electron chi connectivity index (χ3n) is 4.68. The van der Waals surface area contributed by atoms with Crippen molar-refractivity contribution in [2.24, 2.45) is 0 Å². The Morgan fingerprint density at radius 2 is 1.85 bits per heavy atom. The van der Waals surface area contributed by atoms with Crippen LogP contribution in [0.5, 0.6) is 11.5 Å². The number of sulfonamides is 1. The molecule has 1 aliphatic heterocycles. The summed E-state index contributed by atoms with van der Waals surface area (Å²) in [5.41, 5.74) is 1.53. The van der Waals surface area contributed by atoms with Crippen LogP contribution < -0.4 is 9.47 Å². The van der Waals surface area contributed by atoms with Gasteiger partial charge in [-0.25, -0.2) is 17.1 Å². The predicted molar refractivity (Wildman–Crippen MR) is 97.5 cm³/mol. The van der Waals surface area contributed by atoms with Crippen LogP contribution in [0.4, 0.5) is 4.39 Å². The molecule has 1 fully saturated rings. The van der Waals surface area contributed by atoms with E-state index in [-0.39, 0.29) is 17.5 Å². The lowest BCUT2D eigenvalue weighted by Gasteiger charge is -2.19. The normalized spacial score (nSPS) is 18.0. The summed E-state index contributed by atoms with van der Waals surface area (Å²) >= 11 is 0. The molecule has 0 spiro atoms. The zero-order valence-corrected chi connectivity index (χ0v) is 15.6. The lowest BCUT2D eigenvalue weighted by atomic mass is 9.97. The fraction of sp³-hybridized carbons (Fsp3) is 0.368. The Kier molecular flexibility index (Phi) is 5.48. The van der Waals surface area contributed by atoms with Crippen molar-refractivity contribution in [2.75, 3.05) is 27.3 Å². The maximum atomic E-state index is 13.0. The molecular weight excluding hydrogens is 357 g/mol. The summed E-state index contributed by atoms with van der Waals surface area (Å²) in [5, 5.41) is 0. The molecule has 0 amide bonds. The zero-order chi connectivity index (χ0) is 18.7. The van der Waals surface area contributed by atoms with Gasteiger partial charge in [0, 0.05) is 24.6 Å². The van der Waals surface area contributed by atoms with Crippen LogP contribution in [-0.4, -0.2) is 40.0 Å². The van der Waals surface area contributed by atoms with Crippen molar-refractivity contribution in [1.29, 1.82) is 0 Å². The van der Waals surface area contributed by atoms with Gasteiger partial charge in [-0.05, 0) is 30.2 Å². The molecule has 0 aliphatic carbocycles. The summed E-state index contributed by atoms with van der Waals surface area (Å²) in [6, 6.07) is 11.2. The largest absolute Gasteiger partial charge is 0.493 e. The predicted octanol–water partition coefficient (Wildman–Crippen LogP) is 3.16. The fourth-order valence-corrected chi connectivity index (χ4v) is 4.94. The highest BCUT2D eigenvalue weighted by Crippen LogP contribution is 2.39. The molecule has 5 nitrogen and oxygen atoms in total. The Hall–Kier alpha value is -2.12. The maximum Gasteiger partial charge on any atom is 0.218 e. The van der Waals surface area contributed by atoms with Crippen molar-refractivity contribution in [2.45, 2.75) is 18.1 Å². The third kappa shape index (κ3) is 3.83. The summed E-state index contributed by atoms with van der Waals surface area (Å²) in [6.07, 6.45) is 0.714. The maximum absolute atomic E-state index is 13.0. The van der Waals surface area contributed by atoms with Gasteiger partial charge in [-0.1, -0.05) is 24.3 Å². The van der Waals surface area contributed by atoms with E-state index in [2.05, 4.69) is 0 Å². The van der Waals surface area contributed by atoms with Crippen molar-refractivity contribution in [3.05, 3.63) is 59.4 Å². The molecule has 0 saturated carbocycles. The van der Waals surface area contributed by atoms with Gasteiger partial charge in [0.1, 0.15) is 5.82 Å². The van der Waals surface area contributed by atoms with Crippen LogP contribution in [0, 0.1) is 5.82 Å². The quantitative estimate of drug-likeness (QED) is 0.774. The second-order valence-corrected chi connectivity index (χ2v) is 8.28. The van der Waals surface area contributed by atoms with Crippen molar-refractivity contribution in [3.63, 3.8) is 0 Å². The molecule has 2 aromatic carbocycles. The summed E-state index contributed by atoms with van der Waals surface area (Å²) in [7, 11) is -0.301.